The fraction of sp³-hybridized carbons (Fsp3) is 0.0667. The van der Waals surface area contributed by atoms with E-state index in [1.807, 2.05) is 47.3 Å². The van der Waals surface area contributed by atoms with Gasteiger partial charge in [-0.3, -0.25) is 9.67 Å². The molecule has 2 aromatic heterocycles. The van der Waals surface area contributed by atoms with Crippen molar-refractivity contribution in [2.45, 2.75) is 6.54 Å². The van der Waals surface area contributed by atoms with Crippen molar-refractivity contribution in [3.8, 4) is 11.3 Å². The van der Waals surface area contributed by atoms with Crippen LogP contribution in [0.1, 0.15) is 5.56 Å². The number of pyridine rings is 1. The average Bonchev–Trinajstić information content (AvgIpc) is 2.80. The molecule has 2 N–H and O–H groups in total. The van der Waals surface area contributed by atoms with Crippen LogP contribution >= 0.6 is 11.6 Å². The van der Waals surface area contributed by atoms with Gasteiger partial charge in [0.2, 0.25) is 0 Å². The Morgan fingerprint density at radius 3 is 2.85 bits per heavy atom. The number of nitrogens with two attached hydrogens (primary N) is 1. The molecule has 0 spiro atoms. The standard InChI is InChI=1S/C15H13ClN4/c16-13-5-1-3-11(7-13)9-20-10-14(17)15(19-20)12-4-2-6-18-8-12/h1-8,10H,9,17H2. The van der Waals surface area contributed by atoms with Crippen molar-refractivity contribution in [3.05, 3.63) is 65.6 Å². The molecule has 0 radical (unpaired) electrons. The minimum absolute atomic E-state index is 0.630. The summed E-state index contributed by atoms with van der Waals surface area (Å²) in [5.74, 6) is 0. The SMILES string of the molecule is Nc1cn(Cc2cccc(Cl)c2)nc1-c1cccnc1. The fourth-order valence-corrected chi connectivity index (χ4v) is 2.28. The number of hydrogen-bond acceptors (Lipinski definition) is 3. The van der Waals surface area contributed by atoms with Gasteiger partial charge in [-0.05, 0) is 29.8 Å². The summed E-state index contributed by atoms with van der Waals surface area (Å²) in [5.41, 5.74) is 9.40. The molecule has 0 unspecified atom stereocenters. The van der Waals surface area contributed by atoms with E-state index in [4.69, 9.17) is 17.3 Å². The molecule has 100 valence electrons. The van der Waals surface area contributed by atoms with E-state index in [0.29, 0.717) is 12.2 Å². The monoisotopic (exact) mass is 284 g/mol. The predicted molar refractivity (Wildman–Crippen MR) is 80.4 cm³/mol. The summed E-state index contributed by atoms with van der Waals surface area (Å²) in [5, 5.41) is 5.23. The first-order valence-electron chi connectivity index (χ1n) is 6.20. The maximum atomic E-state index is 6.02. The number of benzene rings is 1. The van der Waals surface area contributed by atoms with Gasteiger partial charge in [-0.15, -0.1) is 0 Å². The lowest BCUT2D eigenvalue weighted by Crippen LogP contribution is -2.00. The largest absolute Gasteiger partial charge is 0.396 e. The lowest BCUT2D eigenvalue weighted by molar-refractivity contribution is 0.689. The Balaban J connectivity index is 1.90. The smallest absolute Gasteiger partial charge is 0.117 e. The summed E-state index contributed by atoms with van der Waals surface area (Å²) in [6, 6.07) is 11.5. The van der Waals surface area contributed by atoms with Gasteiger partial charge in [0.25, 0.3) is 0 Å². The molecular weight excluding hydrogens is 272 g/mol. The molecule has 3 rings (SSSR count). The molecule has 4 nitrogen and oxygen atoms in total. The summed E-state index contributed by atoms with van der Waals surface area (Å²) in [6.07, 6.45) is 5.30. The van der Waals surface area contributed by atoms with Crippen molar-refractivity contribution >= 4 is 17.3 Å². The van der Waals surface area contributed by atoms with Gasteiger partial charge in [0.1, 0.15) is 5.69 Å². The van der Waals surface area contributed by atoms with Crippen LogP contribution in [0, 0.1) is 0 Å². The maximum Gasteiger partial charge on any atom is 0.117 e. The Kier molecular flexibility index (Phi) is 3.39. The summed E-state index contributed by atoms with van der Waals surface area (Å²) in [7, 11) is 0. The van der Waals surface area contributed by atoms with Crippen molar-refractivity contribution in [1.82, 2.24) is 14.8 Å². The highest BCUT2D eigenvalue weighted by molar-refractivity contribution is 6.30. The van der Waals surface area contributed by atoms with Crippen molar-refractivity contribution in [2.75, 3.05) is 5.73 Å². The van der Waals surface area contributed by atoms with Crippen LogP contribution in [0.15, 0.2) is 55.0 Å². The van der Waals surface area contributed by atoms with E-state index in [0.717, 1.165) is 21.8 Å². The molecule has 0 bridgehead atoms. The second-order valence-corrected chi connectivity index (χ2v) is 4.94. The van der Waals surface area contributed by atoms with Crippen LogP contribution in [-0.4, -0.2) is 14.8 Å². The van der Waals surface area contributed by atoms with Gasteiger partial charge < -0.3 is 5.73 Å². The zero-order valence-electron chi connectivity index (χ0n) is 10.7. The van der Waals surface area contributed by atoms with E-state index in [1.54, 1.807) is 12.4 Å². The van der Waals surface area contributed by atoms with Crippen molar-refractivity contribution in [3.63, 3.8) is 0 Å². The number of anilines is 1. The van der Waals surface area contributed by atoms with Crippen LogP contribution < -0.4 is 5.73 Å². The minimum atomic E-state index is 0.630. The van der Waals surface area contributed by atoms with Crippen LogP contribution in [-0.2, 0) is 6.54 Å². The number of hydrogen-bond donors (Lipinski definition) is 1. The average molecular weight is 285 g/mol. The molecular formula is C15H13ClN4. The Hall–Kier alpha value is -2.33. The summed E-state index contributed by atoms with van der Waals surface area (Å²) in [6.45, 7) is 0.630. The molecule has 20 heavy (non-hydrogen) atoms. The van der Waals surface area contributed by atoms with Gasteiger partial charge in [-0.1, -0.05) is 23.7 Å². The van der Waals surface area contributed by atoms with Crippen LogP contribution in [0.2, 0.25) is 5.02 Å². The molecule has 0 amide bonds. The van der Waals surface area contributed by atoms with Crippen LogP contribution in [0.3, 0.4) is 0 Å². The fourth-order valence-electron chi connectivity index (χ4n) is 2.07. The molecule has 0 saturated heterocycles. The molecule has 0 fully saturated rings. The highest BCUT2D eigenvalue weighted by atomic mass is 35.5. The third-order valence-electron chi connectivity index (χ3n) is 2.96. The molecule has 0 aliphatic carbocycles. The number of rotatable bonds is 3. The first kappa shape index (κ1) is 12.7. The highest BCUT2D eigenvalue weighted by Crippen LogP contribution is 2.23. The number of halogens is 1. The quantitative estimate of drug-likeness (QED) is 0.803. The lowest BCUT2D eigenvalue weighted by Gasteiger charge is -2.02. The van der Waals surface area contributed by atoms with E-state index < -0.39 is 0 Å². The van der Waals surface area contributed by atoms with Crippen LogP contribution in [0.25, 0.3) is 11.3 Å². The molecule has 2 heterocycles. The Morgan fingerprint density at radius 1 is 1.20 bits per heavy atom. The number of aromatic nitrogens is 3. The first-order chi connectivity index (χ1) is 9.72. The van der Waals surface area contributed by atoms with E-state index in [2.05, 4.69) is 10.1 Å². The van der Waals surface area contributed by atoms with Crippen molar-refractivity contribution in [2.24, 2.45) is 0 Å². The Labute approximate surface area is 121 Å². The third-order valence-corrected chi connectivity index (χ3v) is 3.19. The van der Waals surface area contributed by atoms with E-state index in [-0.39, 0.29) is 0 Å². The molecule has 3 aromatic rings. The predicted octanol–water partition coefficient (Wildman–Crippen LogP) is 3.23. The zero-order valence-corrected chi connectivity index (χ0v) is 11.5. The van der Waals surface area contributed by atoms with Crippen LogP contribution in [0.4, 0.5) is 5.69 Å². The Bertz CT molecular complexity index is 722. The van der Waals surface area contributed by atoms with Gasteiger partial charge in [-0.25, -0.2) is 0 Å². The van der Waals surface area contributed by atoms with Crippen molar-refractivity contribution in [1.29, 1.82) is 0 Å². The Morgan fingerprint density at radius 2 is 2.10 bits per heavy atom. The summed E-state index contributed by atoms with van der Waals surface area (Å²) in [4.78, 5) is 4.08. The van der Waals surface area contributed by atoms with Crippen LogP contribution in [0.5, 0.6) is 0 Å². The molecule has 0 saturated carbocycles. The topological polar surface area (TPSA) is 56.7 Å². The molecule has 1 aromatic carbocycles. The first-order valence-corrected chi connectivity index (χ1v) is 6.58. The third kappa shape index (κ3) is 2.65. The van der Waals surface area contributed by atoms with Gasteiger partial charge in [0.15, 0.2) is 0 Å². The van der Waals surface area contributed by atoms with Gasteiger partial charge in [-0.2, -0.15) is 5.10 Å². The van der Waals surface area contributed by atoms with Gasteiger partial charge in [0.05, 0.1) is 12.2 Å². The summed E-state index contributed by atoms with van der Waals surface area (Å²) < 4.78 is 1.81. The molecule has 0 aliphatic heterocycles. The van der Waals surface area contributed by atoms with Gasteiger partial charge >= 0.3 is 0 Å². The minimum Gasteiger partial charge on any atom is -0.396 e. The molecule has 0 aliphatic rings. The highest BCUT2D eigenvalue weighted by Gasteiger charge is 2.08. The molecule has 5 heteroatoms. The van der Waals surface area contributed by atoms with Gasteiger partial charge in [0, 0.05) is 29.2 Å². The van der Waals surface area contributed by atoms with E-state index in [9.17, 15) is 0 Å². The van der Waals surface area contributed by atoms with E-state index in [1.165, 1.54) is 0 Å². The van der Waals surface area contributed by atoms with Crippen molar-refractivity contribution < 1.29 is 0 Å². The maximum absolute atomic E-state index is 6.02. The number of nitrogen functional groups attached to an aromatic ring is 1. The lowest BCUT2D eigenvalue weighted by atomic mass is 10.2. The summed E-state index contributed by atoms with van der Waals surface area (Å²) >= 11 is 5.98. The molecule has 0 atom stereocenters. The zero-order chi connectivity index (χ0) is 13.9. The number of nitrogens with zero attached hydrogens (tertiary/aromatic N) is 3. The second-order valence-electron chi connectivity index (χ2n) is 4.50. The normalized spacial score (nSPS) is 10.7. The second kappa shape index (κ2) is 5.35. The van der Waals surface area contributed by atoms with E-state index >= 15 is 0 Å².